The minimum atomic E-state index is -0.523. The number of aromatic nitrogens is 13. The van der Waals surface area contributed by atoms with Crippen molar-refractivity contribution in [2.45, 2.75) is 83.0 Å². The predicted molar refractivity (Wildman–Crippen MR) is 320 cm³/mol. The molecular formula is C61H66ClF2N19O5. The zero-order valence-electron chi connectivity index (χ0n) is 48.8. The van der Waals surface area contributed by atoms with Crippen LogP contribution in [0.4, 0.5) is 19.5 Å². The fourth-order valence-corrected chi connectivity index (χ4v) is 12.0. The SMILES string of the molecule is CC(C)(C)OC(=O)N1CCN2C(=O)[C@@H](CC#Cc3cccn4ncnc34)C[C@H]2C1.Fc1cnc(Cl)nc1.O=C1[C@@H](C/C=C\c2cccn3ncnc23)C[C@H]2CN(c3ncc(F)cn3)CCN12.O=C1[C@@H](C/C=C\c2cccn3ncnc23)C[C@H]2CNCCN12. The van der Waals surface area contributed by atoms with Crippen molar-refractivity contribution in [1.82, 2.24) is 88.6 Å². The molecule has 0 bridgehead atoms. The first-order valence-electron chi connectivity index (χ1n) is 29.2. The van der Waals surface area contributed by atoms with E-state index in [-0.39, 0.29) is 53.0 Å². The average molecular weight is 1220 g/mol. The Bertz CT molecular complexity index is 3880. The minimum Gasteiger partial charge on any atom is -0.444 e. The van der Waals surface area contributed by atoms with Gasteiger partial charge in [0, 0.05) is 113 Å². The van der Waals surface area contributed by atoms with E-state index in [9.17, 15) is 28.0 Å². The summed E-state index contributed by atoms with van der Waals surface area (Å²) in [6, 6.07) is 12.2. The quantitative estimate of drug-likeness (QED) is 0.136. The monoisotopic (exact) mass is 1220 g/mol. The molecule has 8 aromatic heterocycles. The maximum absolute atomic E-state index is 13.1. The van der Waals surface area contributed by atoms with Gasteiger partial charge in [-0.05, 0) is 101 Å². The number of allylic oxidation sites excluding steroid dienone is 2. The summed E-state index contributed by atoms with van der Waals surface area (Å²) in [6.07, 6.45) is 26.9. The van der Waals surface area contributed by atoms with E-state index in [4.69, 9.17) is 16.3 Å². The highest BCUT2D eigenvalue weighted by Crippen LogP contribution is 2.33. The third-order valence-electron chi connectivity index (χ3n) is 16.0. The molecule has 24 nitrogen and oxygen atoms in total. The van der Waals surface area contributed by atoms with E-state index in [0.29, 0.717) is 82.1 Å². The molecule has 0 saturated carbocycles. The molecule has 88 heavy (non-hydrogen) atoms. The number of nitrogens with zero attached hydrogens (tertiary/aromatic N) is 18. The standard InChI is InChI=1S/C21H25N5O3.C20H20FN7O.C16H19N5O.C4H2ClFN2/c1-21(2,3)29-20(28)24-10-11-25-17(13-24)12-16(19(25)27)7-4-6-15-8-5-9-26-18(15)22-14-23-26;21-16-10-22-20(23-11-16)26-7-8-27-17(12-26)9-15(19(27)29)4-1-3-14-5-2-6-28-18(14)24-13-25-28;22-16-13(9-14-10-17-6-8-20(14)16)4-1-3-12-5-2-7-21-15(12)18-11-19-21;5-4-7-1-3(6)2-8-4/h5,8-9,14,16-17H,7,10-13H2,1-3H3;1-3,5-6,10-11,13,15,17H,4,7-9,12H2;1-3,5,7,11,13-14,17H,4,6,8-10H2;1-2H/b;2*3-1-;/t16-,17-;15-,17-;13-,14-;/m000./s1. The third kappa shape index (κ3) is 14.4. The highest BCUT2D eigenvalue weighted by molar-refractivity contribution is 6.28. The van der Waals surface area contributed by atoms with Crippen molar-refractivity contribution >= 4 is 70.5 Å². The number of hydrogen-bond donors (Lipinski definition) is 1. The fourth-order valence-electron chi connectivity index (χ4n) is 11.9. The van der Waals surface area contributed by atoms with Gasteiger partial charge in [-0.2, -0.15) is 15.3 Å². The molecule has 27 heteroatoms. The molecule has 8 aromatic rings. The number of carbonyl (C=O) groups excluding carboxylic acids is 4. The summed E-state index contributed by atoms with van der Waals surface area (Å²) in [4.78, 5) is 87.6. The molecule has 456 valence electrons. The normalized spacial score (nSPS) is 21.6. The van der Waals surface area contributed by atoms with E-state index in [2.05, 4.69) is 73.4 Å². The Morgan fingerprint density at radius 1 is 0.648 bits per heavy atom. The smallest absolute Gasteiger partial charge is 0.410 e. The number of carbonyl (C=O) groups is 4. The van der Waals surface area contributed by atoms with Crippen LogP contribution in [0.2, 0.25) is 5.28 Å². The van der Waals surface area contributed by atoms with Crippen LogP contribution in [0.15, 0.2) is 111 Å². The van der Waals surface area contributed by atoms with Gasteiger partial charge in [-0.25, -0.2) is 62.0 Å². The lowest BCUT2D eigenvalue weighted by atomic mass is 10.00. The molecule has 4 amide bonds. The Morgan fingerprint density at radius 2 is 1.16 bits per heavy atom. The maximum atomic E-state index is 13.1. The molecule has 6 aliphatic heterocycles. The number of piperazine rings is 3. The molecule has 14 heterocycles. The highest BCUT2D eigenvalue weighted by Gasteiger charge is 2.45. The van der Waals surface area contributed by atoms with E-state index in [0.717, 1.165) is 79.3 Å². The van der Waals surface area contributed by atoms with Gasteiger partial charge in [-0.15, -0.1) is 0 Å². The largest absolute Gasteiger partial charge is 0.444 e. The van der Waals surface area contributed by atoms with E-state index in [1.54, 1.807) is 24.8 Å². The second-order valence-electron chi connectivity index (χ2n) is 23.0. The lowest BCUT2D eigenvalue weighted by molar-refractivity contribution is -0.133. The zero-order valence-corrected chi connectivity index (χ0v) is 49.6. The number of fused-ring (bicyclic) bond motifs is 6. The highest BCUT2D eigenvalue weighted by atomic mass is 35.5. The van der Waals surface area contributed by atoms with Gasteiger partial charge < -0.3 is 34.6 Å². The van der Waals surface area contributed by atoms with Gasteiger partial charge in [0.1, 0.15) is 24.6 Å². The van der Waals surface area contributed by atoms with Crippen LogP contribution in [0.1, 0.15) is 76.0 Å². The molecule has 6 aliphatic rings. The number of rotatable bonds is 8. The van der Waals surface area contributed by atoms with Crippen molar-refractivity contribution < 1.29 is 32.7 Å². The summed E-state index contributed by atoms with van der Waals surface area (Å²) in [5, 5.41) is 15.8. The number of pyridine rings is 3. The lowest BCUT2D eigenvalue weighted by Gasteiger charge is -2.38. The van der Waals surface area contributed by atoms with Crippen molar-refractivity contribution in [3.8, 4) is 11.8 Å². The van der Waals surface area contributed by atoms with Crippen LogP contribution in [0.3, 0.4) is 0 Å². The molecule has 0 radical (unpaired) electrons. The summed E-state index contributed by atoms with van der Waals surface area (Å²) in [5.41, 5.74) is 4.64. The lowest BCUT2D eigenvalue weighted by Crippen LogP contribution is -2.54. The van der Waals surface area contributed by atoms with Crippen molar-refractivity contribution in [1.29, 1.82) is 0 Å². The van der Waals surface area contributed by atoms with Gasteiger partial charge in [0.25, 0.3) is 0 Å². The second-order valence-corrected chi connectivity index (χ2v) is 23.4. The van der Waals surface area contributed by atoms with Crippen LogP contribution in [0.5, 0.6) is 0 Å². The fraction of sp³-hybridized carbons (Fsp3) is 0.410. The summed E-state index contributed by atoms with van der Waals surface area (Å²) >= 11 is 5.22. The third-order valence-corrected chi connectivity index (χ3v) is 16.2. The first-order chi connectivity index (χ1) is 42.6. The summed E-state index contributed by atoms with van der Waals surface area (Å²) in [5.74, 6) is 6.49. The average Bonchev–Trinajstić information content (AvgIpc) is 4.37. The number of anilines is 1. The van der Waals surface area contributed by atoms with Gasteiger partial charge in [-0.3, -0.25) is 14.4 Å². The van der Waals surface area contributed by atoms with E-state index < -0.39 is 17.2 Å². The molecule has 0 spiro atoms. The van der Waals surface area contributed by atoms with Crippen LogP contribution in [-0.2, 0) is 19.1 Å². The van der Waals surface area contributed by atoms with Crippen LogP contribution in [0, 0.1) is 41.2 Å². The summed E-state index contributed by atoms with van der Waals surface area (Å²) < 4.78 is 35.6. The number of nitrogens with one attached hydrogen (secondary N) is 1. The van der Waals surface area contributed by atoms with Crippen LogP contribution < -0.4 is 10.2 Å². The van der Waals surface area contributed by atoms with Crippen molar-refractivity contribution in [3.63, 3.8) is 0 Å². The first-order valence-corrected chi connectivity index (χ1v) is 29.6. The maximum Gasteiger partial charge on any atom is 0.410 e. The molecule has 6 atom stereocenters. The number of hydrogen-bond acceptors (Lipinski definition) is 17. The molecular weight excluding hydrogens is 1150 g/mol. The molecule has 6 saturated heterocycles. The Morgan fingerprint density at radius 3 is 1.75 bits per heavy atom. The number of amides is 4. The van der Waals surface area contributed by atoms with Gasteiger partial charge >= 0.3 is 6.09 Å². The van der Waals surface area contributed by atoms with Gasteiger partial charge in [0.2, 0.25) is 29.0 Å². The number of halogens is 3. The topological polar surface area (TPSA) is 248 Å². The second kappa shape index (κ2) is 27.1. The van der Waals surface area contributed by atoms with E-state index in [1.807, 2.05) is 114 Å². The molecule has 6 fully saturated rings. The van der Waals surface area contributed by atoms with E-state index >= 15 is 0 Å². The Labute approximate surface area is 510 Å². The van der Waals surface area contributed by atoms with Crippen molar-refractivity contribution in [3.05, 3.63) is 145 Å². The van der Waals surface area contributed by atoms with Crippen LogP contribution in [0.25, 0.3) is 29.1 Å². The van der Waals surface area contributed by atoms with Gasteiger partial charge in [0.15, 0.2) is 28.6 Å². The Hall–Kier alpha value is -9.35. The molecule has 0 aliphatic carbocycles. The van der Waals surface area contributed by atoms with Gasteiger partial charge in [-0.1, -0.05) is 36.1 Å². The van der Waals surface area contributed by atoms with Crippen molar-refractivity contribution in [2.24, 2.45) is 17.8 Å². The molecule has 0 aromatic carbocycles. The Kier molecular flexibility index (Phi) is 18.6. The van der Waals surface area contributed by atoms with Crippen molar-refractivity contribution in [2.75, 3.05) is 63.8 Å². The zero-order chi connectivity index (χ0) is 61.3. The van der Waals surface area contributed by atoms with Crippen LogP contribution >= 0.6 is 11.6 Å². The first kappa shape index (κ1) is 60.3. The minimum absolute atomic E-state index is 0.0251. The molecule has 0 unspecified atom stereocenters. The van der Waals surface area contributed by atoms with E-state index in [1.165, 1.54) is 25.0 Å². The molecule has 1 N–H and O–H groups in total. The summed E-state index contributed by atoms with van der Waals surface area (Å²) in [6.45, 7) is 11.8. The van der Waals surface area contributed by atoms with Gasteiger partial charge in [0.05, 0.1) is 48.4 Å². The Balaban J connectivity index is 0.000000129. The summed E-state index contributed by atoms with van der Waals surface area (Å²) in [7, 11) is 0. The number of ether oxygens (including phenoxy) is 1. The molecule has 14 rings (SSSR count). The predicted octanol–water partition coefficient (Wildman–Crippen LogP) is 5.96. The van der Waals surface area contributed by atoms with Crippen LogP contribution in [-0.4, -0.2) is 190 Å².